The molecule has 4 heterocycles. The van der Waals surface area contributed by atoms with Crippen LogP contribution in [-0.4, -0.2) is 89.9 Å². The second-order valence-electron chi connectivity index (χ2n) is 7.59. The summed E-state index contributed by atoms with van der Waals surface area (Å²) in [6.45, 7) is 8.50. The molecule has 3 fully saturated rings. The van der Waals surface area contributed by atoms with E-state index in [1.807, 2.05) is 21.6 Å². The van der Waals surface area contributed by atoms with Crippen molar-refractivity contribution in [1.29, 1.82) is 0 Å². The Hall–Kier alpha value is -2.26. The van der Waals surface area contributed by atoms with Gasteiger partial charge < -0.3 is 24.2 Å². The Morgan fingerprint density at radius 2 is 1.61 bits per heavy atom. The fraction of sp³-hybridized carbons (Fsp3) is 0.684. The first-order chi connectivity index (χ1) is 13.5. The van der Waals surface area contributed by atoms with Crippen LogP contribution >= 0.6 is 0 Å². The number of hydrogen-bond acceptors (Lipinski definition) is 7. The minimum Gasteiger partial charge on any atom is -0.347 e. The van der Waals surface area contributed by atoms with Gasteiger partial charge in [-0.3, -0.25) is 9.59 Å². The molecule has 1 spiro atoms. The highest BCUT2D eigenvalue weighted by atomic mass is 16.7. The highest BCUT2D eigenvalue weighted by Crippen LogP contribution is 2.31. The summed E-state index contributed by atoms with van der Waals surface area (Å²) in [6, 6.07) is 1.74. The van der Waals surface area contributed by atoms with Gasteiger partial charge in [0.1, 0.15) is 5.69 Å². The maximum Gasteiger partial charge on any atom is 0.272 e. The number of ether oxygens (including phenoxy) is 2. The molecule has 28 heavy (non-hydrogen) atoms. The minimum absolute atomic E-state index is 0.0815. The highest BCUT2D eigenvalue weighted by Gasteiger charge is 2.41. The van der Waals surface area contributed by atoms with E-state index in [0.29, 0.717) is 77.0 Å². The summed E-state index contributed by atoms with van der Waals surface area (Å²) in [5, 5.41) is 0. The van der Waals surface area contributed by atoms with E-state index in [2.05, 4.69) is 9.97 Å². The van der Waals surface area contributed by atoms with Gasteiger partial charge in [-0.1, -0.05) is 0 Å². The van der Waals surface area contributed by atoms with Crippen molar-refractivity contribution in [2.24, 2.45) is 0 Å². The maximum atomic E-state index is 13.0. The van der Waals surface area contributed by atoms with Crippen LogP contribution in [0, 0.1) is 6.92 Å². The molecule has 9 heteroatoms. The van der Waals surface area contributed by atoms with Gasteiger partial charge in [0.15, 0.2) is 5.79 Å². The molecule has 3 saturated heterocycles. The molecule has 1 aromatic rings. The summed E-state index contributed by atoms with van der Waals surface area (Å²) in [6.07, 6.45) is 1.37. The van der Waals surface area contributed by atoms with Gasteiger partial charge in [0.25, 0.3) is 5.91 Å². The number of likely N-dealkylation sites (tertiary alicyclic amines) is 1. The average Bonchev–Trinajstić information content (AvgIpc) is 3.15. The molecule has 0 aliphatic carbocycles. The number of aromatic nitrogens is 2. The van der Waals surface area contributed by atoms with Crippen molar-refractivity contribution in [3.63, 3.8) is 0 Å². The molecule has 1 aromatic heterocycles. The molecule has 152 valence electrons. The number of aryl methyl sites for hydroxylation is 1. The lowest BCUT2D eigenvalue weighted by Gasteiger charge is -2.37. The smallest absolute Gasteiger partial charge is 0.272 e. The van der Waals surface area contributed by atoms with E-state index in [-0.39, 0.29) is 11.8 Å². The lowest BCUT2D eigenvalue weighted by Crippen LogP contribution is -2.49. The molecule has 2 amide bonds. The van der Waals surface area contributed by atoms with Crippen LogP contribution in [-0.2, 0) is 14.3 Å². The first kappa shape index (κ1) is 19.1. The summed E-state index contributed by atoms with van der Waals surface area (Å²) in [7, 11) is 0. The second kappa shape index (κ2) is 7.63. The highest BCUT2D eigenvalue weighted by molar-refractivity contribution is 5.92. The van der Waals surface area contributed by atoms with Crippen LogP contribution < -0.4 is 4.90 Å². The third kappa shape index (κ3) is 3.81. The van der Waals surface area contributed by atoms with Crippen molar-refractivity contribution < 1.29 is 19.1 Å². The maximum absolute atomic E-state index is 13.0. The van der Waals surface area contributed by atoms with Crippen LogP contribution in [0.5, 0.6) is 0 Å². The van der Waals surface area contributed by atoms with Crippen LogP contribution in [0.15, 0.2) is 6.07 Å². The number of rotatable bonds is 2. The Kier molecular flexibility index (Phi) is 5.20. The van der Waals surface area contributed by atoms with E-state index in [1.165, 1.54) is 0 Å². The lowest BCUT2D eigenvalue weighted by atomic mass is 10.0. The van der Waals surface area contributed by atoms with Gasteiger partial charge in [-0.05, 0) is 13.0 Å². The SMILES string of the molecule is CC(=O)N1CCN(c2nc(C)cc(C(=O)N3CCC4(CC3)OCCO4)n2)CC1. The third-order valence-corrected chi connectivity index (χ3v) is 5.70. The summed E-state index contributed by atoms with van der Waals surface area (Å²) in [5.74, 6) is 0.0585. The number of anilines is 1. The van der Waals surface area contributed by atoms with E-state index in [1.54, 1.807) is 13.0 Å². The Morgan fingerprint density at radius 1 is 0.964 bits per heavy atom. The fourth-order valence-electron chi connectivity index (χ4n) is 4.02. The third-order valence-electron chi connectivity index (χ3n) is 5.70. The Bertz CT molecular complexity index is 747. The van der Waals surface area contributed by atoms with Crippen molar-refractivity contribution >= 4 is 17.8 Å². The first-order valence-electron chi connectivity index (χ1n) is 9.89. The predicted molar refractivity (Wildman–Crippen MR) is 101 cm³/mol. The zero-order chi connectivity index (χ0) is 19.7. The van der Waals surface area contributed by atoms with Crippen molar-refractivity contribution in [1.82, 2.24) is 19.8 Å². The zero-order valence-corrected chi connectivity index (χ0v) is 16.5. The van der Waals surface area contributed by atoms with Gasteiger partial charge in [-0.15, -0.1) is 0 Å². The summed E-state index contributed by atoms with van der Waals surface area (Å²) < 4.78 is 11.5. The zero-order valence-electron chi connectivity index (χ0n) is 16.5. The fourth-order valence-corrected chi connectivity index (χ4v) is 4.02. The number of carbonyl (C=O) groups is 2. The molecular formula is C19H27N5O4. The van der Waals surface area contributed by atoms with E-state index < -0.39 is 5.79 Å². The van der Waals surface area contributed by atoms with Crippen LogP contribution in [0.1, 0.15) is 35.9 Å². The van der Waals surface area contributed by atoms with Gasteiger partial charge in [0.2, 0.25) is 11.9 Å². The molecule has 4 rings (SSSR count). The monoisotopic (exact) mass is 389 g/mol. The van der Waals surface area contributed by atoms with Gasteiger partial charge in [-0.2, -0.15) is 0 Å². The van der Waals surface area contributed by atoms with E-state index >= 15 is 0 Å². The van der Waals surface area contributed by atoms with Gasteiger partial charge in [-0.25, -0.2) is 9.97 Å². The van der Waals surface area contributed by atoms with Gasteiger partial charge in [0.05, 0.1) is 13.2 Å². The van der Waals surface area contributed by atoms with Crippen molar-refractivity contribution in [3.05, 3.63) is 17.5 Å². The quantitative estimate of drug-likeness (QED) is 0.725. The number of piperazine rings is 1. The normalized spacial score (nSPS) is 22.0. The second-order valence-corrected chi connectivity index (χ2v) is 7.59. The van der Waals surface area contributed by atoms with Crippen molar-refractivity contribution in [2.45, 2.75) is 32.5 Å². The van der Waals surface area contributed by atoms with Crippen molar-refractivity contribution in [2.75, 3.05) is 57.4 Å². The van der Waals surface area contributed by atoms with Crippen LogP contribution in [0.4, 0.5) is 5.95 Å². The molecule has 0 radical (unpaired) electrons. The summed E-state index contributed by atoms with van der Waals surface area (Å²) >= 11 is 0. The number of hydrogen-bond donors (Lipinski definition) is 0. The van der Waals surface area contributed by atoms with Gasteiger partial charge in [0, 0.05) is 64.7 Å². The molecule has 9 nitrogen and oxygen atoms in total. The first-order valence-corrected chi connectivity index (χ1v) is 9.89. The molecule has 0 bridgehead atoms. The molecule has 0 N–H and O–H groups in total. The van der Waals surface area contributed by atoms with Gasteiger partial charge >= 0.3 is 0 Å². The van der Waals surface area contributed by atoms with E-state index in [4.69, 9.17) is 9.47 Å². The largest absolute Gasteiger partial charge is 0.347 e. The molecule has 0 unspecified atom stereocenters. The standard InChI is InChI=1S/C19H27N5O4/c1-14-13-16(17(26)23-5-3-19(4-6-23)27-11-12-28-19)21-18(20-14)24-9-7-22(8-10-24)15(2)25/h13H,3-12H2,1-2H3. The number of amides is 2. The molecule has 3 aliphatic heterocycles. The van der Waals surface area contributed by atoms with Crippen LogP contribution in [0.3, 0.4) is 0 Å². The van der Waals surface area contributed by atoms with Crippen molar-refractivity contribution in [3.8, 4) is 0 Å². The predicted octanol–water partition coefficient (Wildman–Crippen LogP) is 0.433. The molecule has 0 atom stereocenters. The summed E-state index contributed by atoms with van der Waals surface area (Å²) in [5.41, 5.74) is 1.18. The molecular weight excluding hydrogens is 362 g/mol. The van der Waals surface area contributed by atoms with Crippen LogP contribution in [0.2, 0.25) is 0 Å². The summed E-state index contributed by atoms with van der Waals surface area (Å²) in [4.78, 5) is 39.3. The van der Waals surface area contributed by atoms with E-state index in [9.17, 15) is 9.59 Å². The average molecular weight is 389 g/mol. The topological polar surface area (TPSA) is 88.1 Å². The van der Waals surface area contributed by atoms with E-state index in [0.717, 1.165) is 5.69 Å². The lowest BCUT2D eigenvalue weighted by molar-refractivity contribution is -0.181. The van der Waals surface area contributed by atoms with Crippen LogP contribution in [0.25, 0.3) is 0 Å². The molecule has 0 saturated carbocycles. The Balaban J connectivity index is 1.44. The number of piperidine rings is 1. The minimum atomic E-state index is -0.500. The molecule has 3 aliphatic rings. The Labute approximate surface area is 164 Å². The number of carbonyl (C=O) groups excluding carboxylic acids is 2. The Morgan fingerprint density at radius 3 is 2.21 bits per heavy atom. The number of nitrogens with zero attached hydrogens (tertiary/aromatic N) is 5. The molecule has 0 aromatic carbocycles.